The highest BCUT2D eigenvalue weighted by molar-refractivity contribution is 7.99. The van der Waals surface area contributed by atoms with Gasteiger partial charge in [-0.25, -0.2) is 0 Å². The maximum atomic E-state index is 13.0. The predicted octanol–water partition coefficient (Wildman–Crippen LogP) is 3.93. The third-order valence-corrected chi connectivity index (χ3v) is 7.59. The molecule has 1 atom stereocenters. The van der Waals surface area contributed by atoms with Crippen molar-refractivity contribution in [3.05, 3.63) is 0 Å². The van der Waals surface area contributed by atoms with Crippen LogP contribution < -0.4 is 0 Å². The van der Waals surface area contributed by atoms with Crippen molar-refractivity contribution >= 4 is 17.5 Å². The molecule has 3 heteroatoms. The van der Waals surface area contributed by atoms with Crippen LogP contribution >= 0.6 is 11.8 Å². The molecule has 20 heavy (non-hydrogen) atoms. The van der Waals surface area contributed by atoms with Crippen molar-refractivity contribution in [3.63, 3.8) is 0 Å². The second-order valence-corrected chi connectivity index (χ2v) is 9.34. The van der Waals surface area contributed by atoms with E-state index in [9.17, 15) is 4.79 Å². The highest BCUT2D eigenvalue weighted by Gasteiger charge is 2.68. The molecule has 3 fully saturated rings. The number of thioether (sulfide) groups is 1. The van der Waals surface area contributed by atoms with Gasteiger partial charge in [-0.3, -0.25) is 4.79 Å². The Labute approximate surface area is 127 Å². The lowest BCUT2D eigenvalue weighted by molar-refractivity contribution is -0.140. The predicted molar refractivity (Wildman–Crippen MR) is 84.0 cm³/mol. The first kappa shape index (κ1) is 14.9. The van der Waals surface area contributed by atoms with Crippen molar-refractivity contribution in [2.75, 3.05) is 18.1 Å². The number of ether oxygens (including phenoxy) is 1. The first-order chi connectivity index (χ1) is 9.30. The van der Waals surface area contributed by atoms with Gasteiger partial charge in [0.2, 0.25) is 0 Å². The maximum absolute atomic E-state index is 13.0. The van der Waals surface area contributed by atoms with E-state index in [4.69, 9.17) is 4.74 Å². The molecule has 114 valence electrons. The molecule has 0 aromatic rings. The van der Waals surface area contributed by atoms with E-state index in [2.05, 4.69) is 27.7 Å². The van der Waals surface area contributed by atoms with Gasteiger partial charge < -0.3 is 4.74 Å². The summed E-state index contributed by atoms with van der Waals surface area (Å²) in [6, 6.07) is 0. The van der Waals surface area contributed by atoms with Crippen molar-refractivity contribution in [2.24, 2.45) is 22.7 Å². The highest BCUT2D eigenvalue weighted by atomic mass is 32.2. The van der Waals surface area contributed by atoms with Crippen LogP contribution in [0.25, 0.3) is 0 Å². The maximum Gasteiger partial charge on any atom is 0.140 e. The minimum Gasteiger partial charge on any atom is -0.375 e. The van der Waals surface area contributed by atoms with Crippen LogP contribution in [0.5, 0.6) is 0 Å². The molecule has 2 aliphatic heterocycles. The number of carbonyl (C=O) groups is 1. The molecule has 3 rings (SSSR count). The lowest BCUT2D eigenvalue weighted by atomic mass is 9.78. The van der Waals surface area contributed by atoms with E-state index in [0.29, 0.717) is 5.78 Å². The van der Waals surface area contributed by atoms with Crippen LogP contribution in [0.4, 0.5) is 0 Å². The Morgan fingerprint density at radius 1 is 1.10 bits per heavy atom. The molecule has 2 heterocycles. The van der Waals surface area contributed by atoms with Crippen molar-refractivity contribution in [3.8, 4) is 0 Å². The lowest BCUT2D eigenvalue weighted by Crippen LogP contribution is -2.45. The fourth-order valence-electron chi connectivity index (χ4n) is 4.51. The fraction of sp³-hybridized carbons (Fsp3) is 0.941. The second kappa shape index (κ2) is 4.74. The Bertz CT molecular complexity index is 388. The molecule has 3 aliphatic rings. The van der Waals surface area contributed by atoms with E-state index in [1.165, 1.54) is 11.5 Å². The number of carbonyl (C=O) groups excluding carboxylic acids is 1. The molecule has 1 spiro atoms. The molecule has 0 amide bonds. The van der Waals surface area contributed by atoms with Gasteiger partial charge in [0.25, 0.3) is 0 Å². The largest absolute Gasteiger partial charge is 0.375 e. The summed E-state index contributed by atoms with van der Waals surface area (Å²) < 4.78 is 6.13. The van der Waals surface area contributed by atoms with Gasteiger partial charge in [0.05, 0.1) is 5.60 Å². The Kier molecular flexibility index (Phi) is 3.53. The van der Waals surface area contributed by atoms with Gasteiger partial charge in [0.15, 0.2) is 0 Å². The standard InChI is InChI=1S/C17H28O2S/c1-15(2)14(16(15,3)4)13(18)12-5-8-19-17(11-12)6-9-20-10-7-17/h12,14H,5-11H2,1-4H3. The van der Waals surface area contributed by atoms with Crippen LogP contribution in [0.3, 0.4) is 0 Å². The second-order valence-electron chi connectivity index (χ2n) is 8.11. The summed E-state index contributed by atoms with van der Waals surface area (Å²) in [7, 11) is 0. The monoisotopic (exact) mass is 296 g/mol. The molecule has 1 saturated carbocycles. The first-order valence-electron chi connectivity index (χ1n) is 8.06. The van der Waals surface area contributed by atoms with Crippen LogP contribution in [0.2, 0.25) is 0 Å². The van der Waals surface area contributed by atoms with Crippen molar-refractivity contribution in [1.82, 2.24) is 0 Å². The molecule has 2 saturated heterocycles. The summed E-state index contributed by atoms with van der Waals surface area (Å²) in [6.07, 6.45) is 4.20. The summed E-state index contributed by atoms with van der Waals surface area (Å²) in [5.74, 6) is 3.43. The van der Waals surface area contributed by atoms with Gasteiger partial charge in [-0.15, -0.1) is 0 Å². The van der Waals surface area contributed by atoms with Gasteiger partial charge in [-0.2, -0.15) is 11.8 Å². The van der Waals surface area contributed by atoms with E-state index in [0.717, 1.165) is 32.3 Å². The van der Waals surface area contributed by atoms with E-state index in [-0.39, 0.29) is 28.3 Å². The molecule has 0 aromatic heterocycles. The third-order valence-electron chi connectivity index (χ3n) is 6.60. The number of hydrogen-bond acceptors (Lipinski definition) is 3. The van der Waals surface area contributed by atoms with Gasteiger partial charge in [0, 0.05) is 18.4 Å². The Morgan fingerprint density at radius 3 is 2.25 bits per heavy atom. The topological polar surface area (TPSA) is 26.3 Å². The third kappa shape index (κ3) is 2.16. The Hall–Kier alpha value is -0.0200. The van der Waals surface area contributed by atoms with Crippen LogP contribution in [-0.4, -0.2) is 29.5 Å². The molecule has 0 N–H and O–H groups in total. The average molecular weight is 296 g/mol. The molecule has 1 aliphatic carbocycles. The summed E-state index contributed by atoms with van der Waals surface area (Å²) >= 11 is 2.03. The van der Waals surface area contributed by atoms with E-state index in [1.807, 2.05) is 11.8 Å². The first-order valence-corrected chi connectivity index (χ1v) is 9.21. The SMILES string of the molecule is CC1(C)C(C(=O)C2CCOC3(CCSCC3)C2)C1(C)C. The molecule has 0 radical (unpaired) electrons. The molecule has 0 aromatic carbocycles. The molecule has 1 unspecified atom stereocenters. The molecular weight excluding hydrogens is 268 g/mol. The minimum absolute atomic E-state index is 0.0347. The van der Waals surface area contributed by atoms with Crippen LogP contribution in [0, 0.1) is 22.7 Å². The van der Waals surface area contributed by atoms with E-state index < -0.39 is 0 Å². The van der Waals surface area contributed by atoms with E-state index >= 15 is 0 Å². The van der Waals surface area contributed by atoms with Crippen LogP contribution in [0.15, 0.2) is 0 Å². The number of hydrogen-bond donors (Lipinski definition) is 0. The van der Waals surface area contributed by atoms with Gasteiger partial charge in [0.1, 0.15) is 5.78 Å². The Morgan fingerprint density at radius 2 is 1.70 bits per heavy atom. The van der Waals surface area contributed by atoms with Gasteiger partial charge >= 0.3 is 0 Å². The number of rotatable bonds is 2. The van der Waals surface area contributed by atoms with Crippen LogP contribution in [0.1, 0.15) is 53.4 Å². The smallest absolute Gasteiger partial charge is 0.140 e. The van der Waals surface area contributed by atoms with Gasteiger partial charge in [-0.05, 0) is 48.0 Å². The van der Waals surface area contributed by atoms with Gasteiger partial charge in [-0.1, -0.05) is 27.7 Å². The zero-order valence-electron chi connectivity index (χ0n) is 13.3. The summed E-state index contributed by atoms with van der Waals surface area (Å²) in [4.78, 5) is 13.0. The molecule has 2 nitrogen and oxygen atoms in total. The number of Topliss-reactive ketones (excluding diaryl/α,β-unsaturated/α-hetero) is 1. The summed E-state index contributed by atoms with van der Waals surface area (Å²) in [6.45, 7) is 9.79. The highest BCUT2D eigenvalue weighted by Crippen LogP contribution is 2.69. The van der Waals surface area contributed by atoms with Crippen molar-refractivity contribution in [1.29, 1.82) is 0 Å². The minimum atomic E-state index is 0.0347. The van der Waals surface area contributed by atoms with Crippen LogP contribution in [-0.2, 0) is 9.53 Å². The summed E-state index contributed by atoms with van der Waals surface area (Å²) in [5.41, 5.74) is 0.392. The fourth-order valence-corrected chi connectivity index (χ4v) is 5.74. The zero-order valence-corrected chi connectivity index (χ0v) is 14.1. The van der Waals surface area contributed by atoms with Crippen molar-refractivity contribution in [2.45, 2.75) is 59.0 Å². The zero-order chi connectivity index (χ0) is 14.6. The quantitative estimate of drug-likeness (QED) is 0.772. The number of ketones is 1. The lowest BCUT2D eigenvalue weighted by Gasteiger charge is -2.43. The van der Waals surface area contributed by atoms with E-state index in [1.54, 1.807) is 0 Å². The molecular formula is C17H28O2S. The molecule has 0 bridgehead atoms. The normalized spacial score (nSPS) is 34.9. The Balaban J connectivity index is 1.70. The summed E-state index contributed by atoms with van der Waals surface area (Å²) in [5, 5.41) is 0. The van der Waals surface area contributed by atoms with Crippen molar-refractivity contribution < 1.29 is 9.53 Å². The average Bonchev–Trinajstić information content (AvgIpc) is 2.80.